The van der Waals surface area contributed by atoms with E-state index >= 15 is 0 Å². The van der Waals surface area contributed by atoms with E-state index in [1.165, 1.54) is 0 Å². The second-order valence-corrected chi connectivity index (χ2v) is 6.28. The molecule has 3 atom stereocenters. The molecule has 1 fully saturated rings. The zero-order chi connectivity index (χ0) is 16.8. The van der Waals surface area contributed by atoms with Crippen molar-refractivity contribution in [3.05, 3.63) is 54.4 Å². The van der Waals surface area contributed by atoms with Gasteiger partial charge in [0.2, 0.25) is 0 Å². The Hall–Kier alpha value is -2.34. The van der Waals surface area contributed by atoms with Gasteiger partial charge < -0.3 is 15.4 Å². The van der Waals surface area contributed by atoms with Crippen molar-refractivity contribution in [3.8, 4) is 0 Å². The van der Waals surface area contributed by atoms with Crippen molar-refractivity contribution in [1.29, 1.82) is 0 Å². The van der Waals surface area contributed by atoms with Crippen LogP contribution in [0.3, 0.4) is 0 Å². The minimum atomic E-state index is -0.140. The van der Waals surface area contributed by atoms with E-state index in [-0.39, 0.29) is 18.2 Å². The third kappa shape index (κ3) is 4.35. The van der Waals surface area contributed by atoms with E-state index in [2.05, 4.69) is 22.7 Å². The Bertz CT molecular complexity index is 630. The summed E-state index contributed by atoms with van der Waals surface area (Å²) in [6.07, 6.45) is 4.45. The molecular weight excluding hydrogens is 304 g/mol. The molecule has 0 bridgehead atoms. The van der Waals surface area contributed by atoms with Crippen LogP contribution in [0.5, 0.6) is 0 Å². The highest BCUT2D eigenvalue weighted by molar-refractivity contribution is 5.74. The number of nitrogens with one attached hydrogen (secondary N) is 2. The maximum atomic E-state index is 12.2. The fraction of sp³-hybridized carbons (Fsp3) is 0.444. The number of rotatable bonds is 6. The largest absolute Gasteiger partial charge is 0.371 e. The Kier molecular flexibility index (Phi) is 5.48. The van der Waals surface area contributed by atoms with Crippen LogP contribution in [0.4, 0.5) is 4.79 Å². The first kappa shape index (κ1) is 16.5. The van der Waals surface area contributed by atoms with Crippen LogP contribution in [0.15, 0.2) is 48.8 Å². The minimum absolute atomic E-state index is 0.00817. The predicted molar refractivity (Wildman–Crippen MR) is 91.5 cm³/mol. The molecule has 2 amide bonds. The maximum absolute atomic E-state index is 12.2. The van der Waals surface area contributed by atoms with Gasteiger partial charge in [-0.25, -0.2) is 4.79 Å². The molecule has 1 saturated heterocycles. The number of hydrogen-bond acceptors (Lipinski definition) is 3. The highest BCUT2D eigenvalue weighted by atomic mass is 16.5. The Morgan fingerprint density at radius 2 is 2.21 bits per heavy atom. The van der Waals surface area contributed by atoms with E-state index in [9.17, 15) is 4.79 Å². The first-order chi connectivity index (χ1) is 11.7. The molecule has 6 nitrogen and oxygen atoms in total. The molecule has 0 saturated carbocycles. The molecule has 2 N–H and O–H groups in total. The normalized spacial score (nSPS) is 21.4. The van der Waals surface area contributed by atoms with E-state index in [0.717, 1.165) is 18.5 Å². The van der Waals surface area contributed by atoms with E-state index in [4.69, 9.17) is 4.74 Å². The van der Waals surface area contributed by atoms with Crippen LogP contribution >= 0.6 is 0 Å². The van der Waals surface area contributed by atoms with Gasteiger partial charge in [-0.05, 0) is 24.0 Å². The van der Waals surface area contributed by atoms with E-state index in [1.807, 2.05) is 47.3 Å². The topological polar surface area (TPSA) is 68.2 Å². The SMILES string of the molecule is C[C@H](CNC(=O)N[C@H]1CCO[C@@H]1c1ccccc1)Cn1cccn1. The van der Waals surface area contributed by atoms with Gasteiger partial charge in [0, 0.05) is 32.1 Å². The molecule has 2 heterocycles. The lowest BCUT2D eigenvalue weighted by Crippen LogP contribution is -2.44. The summed E-state index contributed by atoms with van der Waals surface area (Å²) < 4.78 is 7.67. The van der Waals surface area contributed by atoms with E-state index < -0.39 is 0 Å². The van der Waals surface area contributed by atoms with Crippen LogP contribution in [-0.2, 0) is 11.3 Å². The quantitative estimate of drug-likeness (QED) is 0.855. The van der Waals surface area contributed by atoms with Crippen molar-refractivity contribution >= 4 is 6.03 Å². The molecule has 24 heavy (non-hydrogen) atoms. The lowest BCUT2D eigenvalue weighted by atomic mass is 10.0. The monoisotopic (exact) mass is 328 g/mol. The number of nitrogens with zero attached hydrogens (tertiary/aromatic N) is 2. The van der Waals surface area contributed by atoms with Gasteiger partial charge in [-0.3, -0.25) is 4.68 Å². The van der Waals surface area contributed by atoms with Crippen LogP contribution in [-0.4, -0.2) is 35.0 Å². The average molecular weight is 328 g/mol. The molecule has 0 spiro atoms. The molecule has 1 aliphatic heterocycles. The number of carbonyl (C=O) groups excluding carboxylic acids is 1. The van der Waals surface area contributed by atoms with Crippen LogP contribution in [0.2, 0.25) is 0 Å². The zero-order valence-electron chi connectivity index (χ0n) is 13.9. The summed E-state index contributed by atoms with van der Waals surface area (Å²) in [5.74, 6) is 0.306. The summed E-state index contributed by atoms with van der Waals surface area (Å²) in [6, 6.07) is 11.8. The number of ether oxygens (including phenoxy) is 1. The summed E-state index contributed by atoms with van der Waals surface area (Å²) in [7, 11) is 0. The molecule has 1 aromatic heterocycles. The summed E-state index contributed by atoms with van der Waals surface area (Å²) in [5, 5.41) is 10.2. The first-order valence-electron chi connectivity index (χ1n) is 8.40. The van der Waals surface area contributed by atoms with Crippen LogP contribution in [0, 0.1) is 5.92 Å². The average Bonchev–Trinajstić information content (AvgIpc) is 3.26. The van der Waals surface area contributed by atoms with Gasteiger partial charge in [-0.2, -0.15) is 5.10 Å². The molecule has 6 heteroatoms. The molecule has 1 aliphatic rings. The molecule has 128 valence electrons. The van der Waals surface area contributed by atoms with Gasteiger partial charge in [0.15, 0.2) is 0 Å². The Labute approximate surface area is 142 Å². The van der Waals surface area contributed by atoms with Crippen molar-refractivity contribution in [2.75, 3.05) is 13.2 Å². The van der Waals surface area contributed by atoms with Gasteiger partial charge in [0.05, 0.1) is 6.04 Å². The third-order valence-electron chi connectivity index (χ3n) is 4.21. The van der Waals surface area contributed by atoms with Crippen molar-refractivity contribution in [3.63, 3.8) is 0 Å². The molecule has 0 unspecified atom stereocenters. The summed E-state index contributed by atoms with van der Waals surface area (Å²) in [6.45, 7) is 4.15. The molecule has 2 aromatic rings. The van der Waals surface area contributed by atoms with Gasteiger partial charge >= 0.3 is 6.03 Å². The number of hydrogen-bond donors (Lipinski definition) is 2. The molecule has 0 radical (unpaired) electrons. The number of amides is 2. The molecular formula is C18H24N4O2. The lowest BCUT2D eigenvalue weighted by molar-refractivity contribution is 0.0999. The van der Waals surface area contributed by atoms with Crippen molar-refractivity contribution < 1.29 is 9.53 Å². The highest BCUT2D eigenvalue weighted by Gasteiger charge is 2.30. The standard InChI is InChI=1S/C18H24N4O2/c1-14(13-22-10-5-9-20-22)12-19-18(23)21-16-8-11-24-17(16)15-6-3-2-4-7-15/h2-7,9-10,14,16-17H,8,11-13H2,1H3,(H2,19,21,23)/t14-,16+,17-/m1/s1. The Morgan fingerprint density at radius 1 is 1.38 bits per heavy atom. The van der Waals surface area contributed by atoms with E-state index in [1.54, 1.807) is 6.20 Å². The Morgan fingerprint density at radius 3 is 2.96 bits per heavy atom. The molecule has 3 rings (SSSR count). The number of aromatic nitrogens is 2. The number of urea groups is 1. The zero-order valence-corrected chi connectivity index (χ0v) is 13.9. The fourth-order valence-corrected chi connectivity index (χ4v) is 2.99. The summed E-state index contributed by atoms with van der Waals surface area (Å²) in [5.41, 5.74) is 1.10. The molecule has 1 aromatic carbocycles. The van der Waals surface area contributed by atoms with Gasteiger partial charge in [0.25, 0.3) is 0 Å². The summed E-state index contributed by atoms with van der Waals surface area (Å²) in [4.78, 5) is 12.2. The van der Waals surface area contributed by atoms with Gasteiger partial charge in [-0.1, -0.05) is 37.3 Å². The second-order valence-electron chi connectivity index (χ2n) is 6.28. The summed E-state index contributed by atoms with van der Waals surface area (Å²) >= 11 is 0. The highest BCUT2D eigenvalue weighted by Crippen LogP contribution is 2.28. The number of carbonyl (C=O) groups is 1. The first-order valence-corrected chi connectivity index (χ1v) is 8.40. The predicted octanol–water partition coefficient (Wildman–Crippen LogP) is 2.35. The maximum Gasteiger partial charge on any atom is 0.315 e. The third-order valence-corrected chi connectivity index (χ3v) is 4.21. The van der Waals surface area contributed by atoms with Gasteiger partial charge in [-0.15, -0.1) is 0 Å². The second kappa shape index (κ2) is 7.97. The minimum Gasteiger partial charge on any atom is -0.371 e. The van der Waals surface area contributed by atoms with Crippen LogP contribution in [0.1, 0.15) is 25.0 Å². The number of benzene rings is 1. The van der Waals surface area contributed by atoms with Crippen molar-refractivity contribution in [2.45, 2.75) is 32.0 Å². The fourth-order valence-electron chi connectivity index (χ4n) is 2.99. The van der Waals surface area contributed by atoms with Gasteiger partial charge in [0.1, 0.15) is 6.10 Å². The van der Waals surface area contributed by atoms with Crippen molar-refractivity contribution in [1.82, 2.24) is 20.4 Å². The lowest BCUT2D eigenvalue weighted by Gasteiger charge is -2.21. The van der Waals surface area contributed by atoms with Crippen molar-refractivity contribution in [2.24, 2.45) is 5.92 Å². The van der Waals surface area contributed by atoms with E-state index in [0.29, 0.717) is 19.1 Å². The van der Waals surface area contributed by atoms with Crippen LogP contribution < -0.4 is 10.6 Å². The smallest absolute Gasteiger partial charge is 0.315 e. The molecule has 0 aliphatic carbocycles. The Balaban J connectivity index is 1.46. The van der Waals surface area contributed by atoms with Crippen LogP contribution in [0.25, 0.3) is 0 Å².